The minimum absolute atomic E-state index is 0.383. The number of sulfonamides is 1. The number of hydrogen-bond acceptors (Lipinski definition) is 4. The average Bonchev–Trinajstić information content (AvgIpc) is 2.18. The van der Waals surface area contributed by atoms with Gasteiger partial charge in [-0.25, -0.2) is 16.8 Å². The highest BCUT2D eigenvalue weighted by atomic mass is 127. The lowest BCUT2D eigenvalue weighted by molar-refractivity contribution is 0.593. The molecule has 0 bridgehead atoms. The van der Waals surface area contributed by atoms with Gasteiger partial charge in [0.2, 0.25) is 10.0 Å². The van der Waals surface area contributed by atoms with E-state index in [0.29, 0.717) is 5.69 Å². The number of para-hydroxylation sites is 1. The van der Waals surface area contributed by atoms with Crippen LogP contribution in [0.2, 0.25) is 0 Å². The molecule has 0 aliphatic heterocycles. The second-order valence-electron chi connectivity index (χ2n) is 3.53. The molecule has 0 radical (unpaired) electrons. The second-order valence-corrected chi connectivity index (χ2v) is 8.79. The van der Waals surface area contributed by atoms with E-state index in [2.05, 4.69) is 4.72 Å². The van der Waals surface area contributed by atoms with Crippen LogP contribution in [0.25, 0.3) is 0 Å². The van der Waals surface area contributed by atoms with Crippen molar-refractivity contribution in [2.75, 3.05) is 22.5 Å². The standard InChI is InChI=1S/C9H12INO4S2/c1-16(12,13)6-7-17(14,15)11-9-5-3-2-4-8(9)10/h2-5,11H,6-7H2,1H3. The van der Waals surface area contributed by atoms with Gasteiger partial charge >= 0.3 is 0 Å². The predicted octanol–water partition coefficient (Wildman–Crippen LogP) is 1.08. The molecule has 5 nitrogen and oxygen atoms in total. The molecule has 1 rings (SSSR count). The van der Waals surface area contributed by atoms with Crippen molar-refractivity contribution in [3.8, 4) is 0 Å². The molecule has 0 saturated carbocycles. The number of nitrogens with one attached hydrogen (secondary N) is 1. The summed E-state index contributed by atoms with van der Waals surface area (Å²) < 4.78 is 48.2. The van der Waals surface area contributed by atoms with Crippen LogP contribution in [0.3, 0.4) is 0 Å². The number of anilines is 1. The van der Waals surface area contributed by atoms with Gasteiger partial charge < -0.3 is 0 Å². The number of rotatable bonds is 5. The molecule has 0 aromatic heterocycles. The third-order valence-electron chi connectivity index (χ3n) is 1.86. The molecule has 0 saturated heterocycles. The van der Waals surface area contributed by atoms with Crippen molar-refractivity contribution in [2.45, 2.75) is 0 Å². The number of hydrogen-bond donors (Lipinski definition) is 1. The Balaban J connectivity index is 2.78. The lowest BCUT2D eigenvalue weighted by atomic mass is 10.3. The van der Waals surface area contributed by atoms with Gasteiger partial charge in [0.15, 0.2) is 0 Å². The molecule has 1 aromatic carbocycles. The summed E-state index contributed by atoms with van der Waals surface area (Å²) in [6.45, 7) is 0. The number of sulfone groups is 1. The molecule has 96 valence electrons. The first-order valence-corrected chi connectivity index (χ1v) is 9.41. The predicted molar refractivity (Wildman–Crippen MR) is 76.3 cm³/mol. The van der Waals surface area contributed by atoms with Crippen LogP contribution in [0.5, 0.6) is 0 Å². The van der Waals surface area contributed by atoms with Crippen LogP contribution in [-0.2, 0) is 19.9 Å². The summed E-state index contributed by atoms with van der Waals surface area (Å²) in [4.78, 5) is 0. The van der Waals surface area contributed by atoms with Crippen LogP contribution >= 0.6 is 22.6 Å². The molecule has 1 N–H and O–H groups in total. The highest BCUT2D eigenvalue weighted by Gasteiger charge is 2.15. The van der Waals surface area contributed by atoms with Gasteiger partial charge in [-0.2, -0.15) is 0 Å². The average molecular weight is 389 g/mol. The van der Waals surface area contributed by atoms with E-state index in [1.54, 1.807) is 24.3 Å². The zero-order valence-corrected chi connectivity index (χ0v) is 12.8. The van der Waals surface area contributed by atoms with Crippen molar-refractivity contribution in [1.29, 1.82) is 0 Å². The third-order valence-corrected chi connectivity index (χ3v) is 5.28. The van der Waals surface area contributed by atoms with Crippen LogP contribution in [-0.4, -0.2) is 34.6 Å². The van der Waals surface area contributed by atoms with Crippen molar-refractivity contribution < 1.29 is 16.8 Å². The topological polar surface area (TPSA) is 80.3 Å². The van der Waals surface area contributed by atoms with Gasteiger partial charge in [-0.1, -0.05) is 12.1 Å². The molecule has 0 atom stereocenters. The van der Waals surface area contributed by atoms with Crippen LogP contribution in [0.1, 0.15) is 0 Å². The normalized spacial score (nSPS) is 12.4. The molecule has 8 heteroatoms. The maximum atomic E-state index is 11.6. The van der Waals surface area contributed by atoms with E-state index in [0.717, 1.165) is 9.83 Å². The van der Waals surface area contributed by atoms with Gasteiger partial charge in [0.05, 0.1) is 17.2 Å². The minimum Gasteiger partial charge on any atom is -0.282 e. The lowest BCUT2D eigenvalue weighted by Gasteiger charge is -2.08. The molecule has 0 aliphatic rings. The summed E-state index contributed by atoms with van der Waals surface area (Å²) >= 11 is 2.00. The van der Waals surface area contributed by atoms with Crippen LogP contribution in [0.15, 0.2) is 24.3 Å². The van der Waals surface area contributed by atoms with Gasteiger partial charge in [-0.05, 0) is 34.7 Å². The Morgan fingerprint density at radius 2 is 1.71 bits per heavy atom. The van der Waals surface area contributed by atoms with Crippen LogP contribution in [0.4, 0.5) is 5.69 Å². The lowest BCUT2D eigenvalue weighted by Crippen LogP contribution is -2.22. The summed E-state index contributed by atoms with van der Waals surface area (Å²) in [5.41, 5.74) is 0.460. The number of halogens is 1. The van der Waals surface area contributed by atoms with Crippen molar-refractivity contribution in [3.63, 3.8) is 0 Å². The maximum Gasteiger partial charge on any atom is 0.233 e. The van der Waals surface area contributed by atoms with E-state index in [9.17, 15) is 16.8 Å². The van der Waals surface area contributed by atoms with E-state index in [1.807, 2.05) is 22.6 Å². The summed E-state index contributed by atoms with van der Waals surface area (Å²) in [6.07, 6.45) is 1.01. The van der Waals surface area contributed by atoms with Crippen LogP contribution < -0.4 is 4.72 Å². The molecule has 0 amide bonds. The monoisotopic (exact) mass is 389 g/mol. The van der Waals surface area contributed by atoms with E-state index in [1.165, 1.54) is 0 Å². The molecule has 0 unspecified atom stereocenters. The molecule has 0 fully saturated rings. The Labute approximate surface area is 115 Å². The first-order valence-electron chi connectivity index (χ1n) is 4.62. The van der Waals surface area contributed by atoms with Gasteiger partial charge in [-0.3, -0.25) is 4.72 Å². The van der Waals surface area contributed by atoms with Gasteiger partial charge in [0.1, 0.15) is 9.84 Å². The molecule has 0 aliphatic carbocycles. The van der Waals surface area contributed by atoms with Gasteiger partial charge in [0.25, 0.3) is 0 Å². The van der Waals surface area contributed by atoms with E-state index in [-0.39, 0.29) is 5.75 Å². The second kappa shape index (κ2) is 5.53. The zero-order chi connectivity index (χ0) is 13.1. The van der Waals surface area contributed by atoms with Crippen LogP contribution in [0, 0.1) is 3.57 Å². The van der Waals surface area contributed by atoms with E-state index < -0.39 is 25.6 Å². The third kappa shape index (κ3) is 5.68. The quantitative estimate of drug-likeness (QED) is 0.765. The van der Waals surface area contributed by atoms with E-state index >= 15 is 0 Å². The van der Waals surface area contributed by atoms with Gasteiger partial charge in [-0.15, -0.1) is 0 Å². The summed E-state index contributed by atoms with van der Waals surface area (Å²) in [6, 6.07) is 6.88. The molecular formula is C9H12INO4S2. The Morgan fingerprint density at radius 3 is 2.24 bits per heavy atom. The molecule has 1 aromatic rings. The molecule has 0 heterocycles. The zero-order valence-electron chi connectivity index (χ0n) is 9.05. The smallest absolute Gasteiger partial charge is 0.233 e. The van der Waals surface area contributed by atoms with E-state index in [4.69, 9.17) is 0 Å². The fraction of sp³-hybridized carbons (Fsp3) is 0.333. The van der Waals surface area contributed by atoms with Crippen molar-refractivity contribution in [3.05, 3.63) is 27.8 Å². The Morgan fingerprint density at radius 1 is 1.12 bits per heavy atom. The SMILES string of the molecule is CS(=O)(=O)CCS(=O)(=O)Nc1ccccc1I. The fourth-order valence-corrected chi connectivity index (χ4v) is 4.43. The van der Waals surface area contributed by atoms with Crippen molar-refractivity contribution in [2.24, 2.45) is 0 Å². The summed E-state index contributed by atoms with van der Waals surface area (Å²) in [5, 5.41) is 0. The fourth-order valence-electron chi connectivity index (χ4n) is 1.02. The Bertz CT molecular complexity index is 595. The highest BCUT2D eigenvalue weighted by Crippen LogP contribution is 2.18. The van der Waals surface area contributed by atoms with Crippen molar-refractivity contribution in [1.82, 2.24) is 0 Å². The molecular weight excluding hydrogens is 377 g/mol. The summed E-state index contributed by atoms with van der Waals surface area (Å²) in [5.74, 6) is -0.817. The first kappa shape index (κ1) is 14.7. The van der Waals surface area contributed by atoms with Crippen molar-refractivity contribution >= 4 is 48.1 Å². The molecule has 0 spiro atoms. The minimum atomic E-state index is -3.62. The molecule has 17 heavy (non-hydrogen) atoms. The first-order chi connectivity index (χ1) is 7.70. The Hall–Kier alpha value is -0.350. The maximum absolute atomic E-state index is 11.6. The number of benzene rings is 1. The van der Waals surface area contributed by atoms with Gasteiger partial charge in [0, 0.05) is 9.83 Å². The summed E-state index contributed by atoms with van der Waals surface area (Å²) in [7, 11) is -6.91. The Kier molecular flexibility index (Phi) is 4.78. The highest BCUT2D eigenvalue weighted by molar-refractivity contribution is 14.1. The largest absolute Gasteiger partial charge is 0.282 e.